The van der Waals surface area contributed by atoms with Gasteiger partial charge in [0.05, 0.1) is 16.1 Å². The van der Waals surface area contributed by atoms with Crippen LogP contribution in [0.5, 0.6) is 0 Å². The van der Waals surface area contributed by atoms with Gasteiger partial charge in [0.1, 0.15) is 0 Å². The lowest BCUT2D eigenvalue weighted by Crippen LogP contribution is -2.29. The molecule has 1 aromatic heterocycles. The molecule has 0 unspecified atom stereocenters. The highest BCUT2D eigenvalue weighted by atomic mass is 32.2. The fourth-order valence-electron chi connectivity index (χ4n) is 2.15. The Bertz CT molecular complexity index is 456. The topological polar surface area (TPSA) is 16.1 Å². The van der Waals surface area contributed by atoms with Gasteiger partial charge in [0, 0.05) is 0 Å². The molecule has 1 saturated heterocycles. The second kappa shape index (κ2) is 5.38. The molecule has 1 aliphatic rings. The van der Waals surface area contributed by atoms with Gasteiger partial charge in [0.25, 0.3) is 0 Å². The van der Waals surface area contributed by atoms with E-state index in [1.807, 2.05) is 23.1 Å². The van der Waals surface area contributed by atoms with Gasteiger partial charge in [0.2, 0.25) is 0 Å². The molecule has 0 radical (unpaired) electrons. The Morgan fingerprint density at radius 2 is 2.00 bits per heavy atom. The van der Waals surface area contributed by atoms with E-state index in [1.54, 1.807) is 0 Å². The number of piperidine rings is 1. The second-order valence-corrected chi connectivity index (χ2v) is 6.62. The number of aromatic nitrogens is 1. The average Bonchev–Trinajstić information content (AvgIpc) is 2.80. The number of thioether (sulfide) groups is 1. The average molecular weight is 264 g/mol. The Labute approximate surface area is 110 Å². The summed E-state index contributed by atoms with van der Waals surface area (Å²) in [7, 11) is 0. The normalized spacial score (nSPS) is 17.6. The SMILES string of the molecule is c1ccc2sc(SCN3CCCCC3)nc2c1. The van der Waals surface area contributed by atoms with E-state index < -0.39 is 0 Å². The largest absolute Gasteiger partial charge is 0.294 e. The molecule has 17 heavy (non-hydrogen) atoms. The smallest absolute Gasteiger partial charge is 0.152 e. The summed E-state index contributed by atoms with van der Waals surface area (Å²) in [5.74, 6) is 1.10. The Balaban J connectivity index is 1.64. The summed E-state index contributed by atoms with van der Waals surface area (Å²) >= 11 is 3.70. The van der Waals surface area contributed by atoms with Crippen molar-refractivity contribution in [1.82, 2.24) is 9.88 Å². The van der Waals surface area contributed by atoms with E-state index in [0.717, 1.165) is 11.4 Å². The molecule has 0 atom stereocenters. The molecule has 2 aromatic rings. The van der Waals surface area contributed by atoms with E-state index in [-0.39, 0.29) is 0 Å². The third-order valence-corrected chi connectivity index (χ3v) is 5.36. The highest BCUT2D eigenvalue weighted by molar-refractivity contribution is 8.01. The van der Waals surface area contributed by atoms with Crippen molar-refractivity contribution in [2.75, 3.05) is 19.0 Å². The summed E-state index contributed by atoms with van der Waals surface area (Å²) in [5, 5.41) is 0. The first-order valence-corrected chi connectivity index (χ1v) is 7.93. The van der Waals surface area contributed by atoms with Crippen LogP contribution in [0.4, 0.5) is 0 Å². The Kier molecular flexibility index (Phi) is 3.64. The van der Waals surface area contributed by atoms with Gasteiger partial charge in [0.15, 0.2) is 4.34 Å². The molecular formula is C13H16N2S2. The number of fused-ring (bicyclic) bond motifs is 1. The fourth-order valence-corrected chi connectivity index (χ4v) is 4.22. The minimum absolute atomic E-state index is 1.10. The minimum atomic E-state index is 1.10. The first-order chi connectivity index (χ1) is 8.42. The van der Waals surface area contributed by atoms with E-state index >= 15 is 0 Å². The van der Waals surface area contributed by atoms with Gasteiger partial charge < -0.3 is 0 Å². The van der Waals surface area contributed by atoms with Crippen LogP contribution >= 0.6 is 23.1 Å². The quantitative estimate of drug-likeness (QED) is 0.784. The summed E-state index contributed by atoms with van der Waals surface area (Å²) in [6, 6.07) is 8.38. The predicted octanol–water partition coefficient (Wildman–Crippen LogP) is 3.83. The van der Waals surface area contributed by atoms with E-state index in [4.69, 9.17) is 0 Å². The van der Waals surface area contributed by atoms with Gasteiger partial charge in [-0.1, -0.05) is 30.3 Å². The van der Waals surface area contributed by atoms with Crippen molar-refractivity contribution in [2.45, 2.75) is 23.6 Å². The van der Waals surface area contributed by atoms with Crippen molar-refractivity contribution < 1.29 is 0 Å². The maximum absolute atomic E-state index is 4.65. The highest BCUT2D eigenvalue weighted by Gasteiger charge is 2.11. The number of nitrogens with zero attached hydrogens (tertiary/aromatic N) is 2. The number of likely N-dealkylation sites (tertiary alicyclic amines) is 1. The molecule has 0 spiro atoms. The maximum atomic E-state index is 4.65. The lowest BCUT2D eigenvalue weighted by molar-refractivity contribution is 0.266. The van der Waals surface area contributed by atoms with E-state index in [2.05, 4.69) is 34.1 Å². The molecule has 2 nitrogen and oxygen atoms in total. The van der Waals surface area contributed by atoms with Crippen LogP contribution in [0.15, 0.2) is 28.6 Å². The summed E-state index contributed by atoms with van der Waals surface area (Å²) < 4.78 is 2.51. The minimum Gasteiger partial charge on any atom is -0.294 e. The molecular weight excluding hydrogens is 248 g/mol. The molecule has 1 aliphatic heterocycles. The van der Waals surface area contributed by atoms with Gasteiger partial charge in [-0.25, -0.2) is 4.98 Å². The lowest BCUT2D eigenvalue weighted by Gasteiger charge is -2.25. The molecule has 0 N–H and O–H groups in total. The zero-order valence-corrected chi connectivity index (χ0v) is 11.4. The number of hydrogen-bond acceptors (Lipinski definition) is 4. The monoisotopic (exact) mass is 264 g/mol. The van der Waals surface area contributed by atoms with Crippen molar-refractivity contribution in [2.24, 2.45) is 0 Å². The van der Waals surface area contributed by atoms with Gasteiger partial charge in [-0.3, -0.25) is 4.90 Å². The summed E-state index contributed by atoms with van der Waals surface area (Å²) in [5.41, 5.74) is 1.14. The molecule has 0 bridgehead atoms. The van der Waals surface area contributed by atoms with Crippen LogP contribution in [0.1, 0.15) is 19.3 Å². The zero-order chi connectivity index (χ0) is 11.5. The fraction of sp³-hybridized carbons (Fsp3) is 0.462. The molecule has 2 heterocycles. The van der Waals surface area contributed by atoms with Crippen molar-refractivity contribution in [1.29, 1.82) is 0 Å². The first-order valence-electron chi connectivity index (χ1n) is 6.12. The first kappa shape index (κ1) is 11.5. The number of para-hydroxylation sites is 1. The van der Waals surface area contributed by atoms with Crippen molar-refractivity contribution >= 4 is 33.3 Å². The third-order valence-electron chi connectivity index (χ3n) is 3.09. The maximum Gasteiger partial charge on any atom is 0.152 e. The molecule has 0 aliphatic carbocycles. The Morgan fingerprint density at radius 1 is 1.18 bits per heavy atom. The number of rotatable bonds is 3. The second-order valence-electron chi connectivity index (χ2n) is 4.40. The van der Waals surface area contributed by atoms with Crippen LogP contribution < -0.4 is 0 Å². The number of benzene rings is 1. The third kappa shape index (κ3) is 2.81. The van der Waals surface area contributed by atoms with Crippen LogP contribution in [0.3, 0.4) is 0 Å². The molecule has 3 rings (SSSR count). The van der Waals surface area contributed by atoms with Crippen LogP contribution in [-0.4, -0.2) is 28.9 Å². The van der Waals surface area contributed by atoms with Gasteiger partial charge >= 0.3 is 0 Å². The van der Waals surface area contributed by atoms with Gasteiger partial charge in [-0.05, 0) is 38.1 Å². The zero-order valence-electron chi connectivity index (χ0n) is 9.76. The standard InChI is InChI=1S/C13H16N2S2/c1-4-8-15(9-5-1)10-16-13-14-11-6-2-3-7-12(11)17-13/h2-3,6-7H,1,4-5,8-10H2. The summed E-state index contributed by atoms with van der Waals surface area (Å²) in [6.45, 7) is 2.52. The van der Waals surface area contributed by atoms with Gasteiger partial charge in [-0.15, -0.1) is 11.3 Å². The van der Waals surface area contributed by atoms with E-state index in [9.17, 15) is 0 Å². The van der Waals surface area contributed by atoms with Crippen molar-refractivity contribution in [3.8, 4) is 0 Å². The van der Waals surface area contributed by atoms with Gasteiger partial charge in [-0.2, -0.15) is 0 Å². The van der Waals surface area contributed by atoms with Crippen molar-refractivity contribution in [3.05, 3.63) is 24.3 Å². The molecule has 1 aromatic carbocycles. The molecule has 90 valence electrons. The van der Waals surface area contributed by atoms with E-state index in [1.165, 1.54) is 41.4 Å². The number of hydrogen-bond donors (Lipinski definition) is 0. The predicted molar refractivity (Wildman–Crippen MR) is 75.8 cm³/mol. The summed E-state index contributed by atoms with van der Waals surface area (Å²) in [6.07, 6.45) is 4.13. The molecule has 0 saturated carbocycles. The van der Waals surface area contributed by atoms with Crippen LogP contribution in [0.2, 0.25) is 0 Å². The Morgan fingerprint density at radius 3 is 2.82 bits per heavy atom. The van der Waals surface area contributed by atoms with Crippen LogP contribution in [0.25, 0.3) is 10.2 Å². The highest BCUT2D eigenvalue weighted by Crippen LogP contribution is 2.30. The number of thiazole rings is 1. The van der Waals surface area contributed by atoms with Crippen molar-refractivity contribution in [3.63, 3.8) is 0 Å². The van der Waals surface area contributed by atoms with Crippen LogP contribution in [0, 0.1) is 0 Å². The summed E-state index contributed by atoms with van der Waals surface area (Å²) in [4.78, 5) is 7.19. The Hall–Kier alpha value is -0.580. The molecule has 0 amide bonds. The molecule has 4 heteroatoms. The molecule has 1 fully saturated rings. The van der Waals surface area contributed by atoms with E-state index in [0.29, 0.717) is 0 Å². The lowest BCUT2D eigenvalue weighted by atomic mass is 10.1. The van der Waals surface area contributed by atoms with Crippen LogP contribution in [-0.2, 0) is 0 Å².